The first-order valence-electron chi connectivity index (χ1n) is 7.71. The zero-order chi connectivity index (χ0) is 15.6. The number of carbonyl (C=O) groups is 3. The molecule has 6 nitrogen and oxygen atoms in total. The molecule has 3 N–H and O–H groups in total. The van der Waals surface area contributed by atoms with E-state index in [9.17, 15) is 14.4 Å². The summed E-state index contributed by atoms with van der Waals surface area (Å²) in [5, 5.41) is 14.5. The van der Waals surface area contributed by atoms with Crippen molar-refractivity contribution in [2.45, 2.75) is 52.0 Å². The maximum absolute atomic E-state index is 12.2. The van der Waals surface area contributed by atoms with Gasteiger partial charge in [0.2, 0.25) is 11.8 Å². The van der Waals surface area contributed by atoms with Crippen LogP contribution in [0.25, 0.3) is 0 Å². The van der Waals surface area contributed by atoms with Crippen LogP contribution >= 0.6 is 0 Å². The van der Waals surface area contributed by atoms with Crippen molar-refractivity contribution in [3.8, 4) is 0 Å². The standard InChI is InChI=1S/C15H24N2O4/c1-3-15(4-2)8-16-14(21)12(15)17-13(20)10-5-9(6-10)7-11(18)19/h9-10,12H,3-8H2,1-2H3,(H,16,21)(H,17,20)(H,18,19). The summed E-state index contributed by atoms with van der Waals surface area (Å²) in [5.74, 6) is -1.07. The summed E-state index contributed by atoms with van der Waals surface area (Å²) in [6.07, 6.45) is 3.01. The second-order valence-corrected chi connectivity index (χ2v) is 6.36. The first-order chi connectivity index (χ1) is 9.91. The van der Waals surface area contributed by atoms with E-state index in [1.54, 1.807) is 0 Å². The summed E-state index contributed by atoms with van der Waals surface area (Å²) in [6, 6.07) is -0.460. The fraction of sp³-hybridized carbons (Fsp3) is 0.800. The second kappa shape index (κ2) is 6.03. The molecule has 2 fully saturated rings. The average molecular weight is 296 g/mol. The predicted molar refractivity (Wildman–Crippen MR) is 76.4 cm³/mol. The third-order valence-corrected chi connectivity index (χ3v) is 5.25. The molecule has 0 aromatic heterocycles. The molecule has 0 spiro atoms. The minimum absolute atomic E-state index is 0.0952. The summed E-state index contributed by atoms with van der Waals surface area (Å²) in [7, 11) is 0. The van der Waals surface area contributed by atoms with Crippen LogP contribution in [0.5, 0.6) is 0 Å². The van der Waals surface area contributed by atoms with Crippen LogP contribution in [-0.4, -0.2) is 35.5 Å². The Hall–Kier alpha value is -1.59. The van der Waals surface area contributed by atoms with E-state index in [-0.39, 0.29) is 35.5 Å². The van der Waals surface area contributed by atoms with E-state index in [4.69, 9.17) is 5.11 Å². The Kier molecular flexibility index (Phi) is 4.54. The molecule has 0 radical (unpaired) electrons. The van der Waals surface area contributed by atoms with Crippen molar-refractivity contribution in [3.05, 3.63) is 0 Å². The second-order valence-electron chi connectivity index (χ2n) is 6.36. The normalized spacial score (nSPS) is 30.4. The number of aliphatic carboxylic acids is 1. The number of amides is 2. The highest BCUT2D eigenvalue weighted by Gasteiger charge is 2.48. The van der Waals surface area contributed by atoms with Crippen molar-refractivity contribution in [1.82, 2.24) is 10.6 Å². The Morgan fingerprint density at radius 3 is 2.48 bits per heavy atom. The first kappa shape index (κ1) is 15.8. The zero-order valence-corrected chi connectivity index (χ0v) is 12.6. The third kappa shape index (κ3) is 3.04. The van der Waals surface area contributed by atoms with Gasteiger partial charge in [0.1, 0.15) is 6.04 Å². The van der Waals surface area contributed by atoms with E-state index in [0.717, 1.165) is 12.8 Å². The van der Waals surface area contributed by atoms with E-state index in [2.05, 4.69) is 10.6 Å². The molecule has 1 saturated carbocycles. The molecule has 2 rings (SSSR count). The number of hydrogen-bond acceptors (Lipinski definition) is 3. The molecule has 1 aliphatic carbocycles. The van der Waals surface area contributed by atoms with Gasteiger partial charge in [-0.25, -0.2) is 0 Å². The summed E-state index contributed by atoms with van der Waals surface area (Å²) in [5.41, 5.74) is -0.197. The molecule has 2 aliphatic rings. The van der Waals surface area contributed by atoms with Crippen LogP contribution in [0.3, 0.4) is 0 Å². The van der Waals surface area contributed by atoms with E-state index in [0.29, 0.717) is 19.4 Å². The molecule has 2 amide bonds. The van der Waals surface area contributed by atoms with Gasteiger partial charge >= 0.3 is 5.97 Å². The molecule has 6 heteroatoms. The van der Waals surface area contributed by atoms with Crippen LogP contribution < -0.4 is 10.6 Å². The SMILES string of the molecule is CCC1(CC)CNC(=O)C1NC(=O)C1CC(CC(=O)O)C1. The number of nitrogens with one attached hydrogen (secondary N) is 2. The van der Waals surface area contributed by atoms with Gasteiger partial charge in [0.25, 0.3) is 0 Å². The summed E-state index contributed by atoms with van der Waals surface area (Å²) >= 11 is 0. The van der Waals surface area contributed by atoms with Gasteiger partial charge in [-0.05, 0) is 31.6 Å². The fourth-order valence-electron chi connectivity index (χ4n) is 3.50. The van der Waals surface area contributed by atoms with Crippen LogP contribution in [0.1, 0.15) is 46.0 Å². The molecule has 0 bridgehead atoms. The first-order valence-corrected chi connectivity index (χ1v) is 7.71. The number of carboxylic acid groups (broad SMARTS) is 1. The maximum Gasteiger partial charge on any atom is 0.303 e. The number of carboxylic acids is 1. The van der Waals surface area contributed by atoms with Crippen LogP contribution in [0.2, 0.25) is 0 Å². The molecule has 118 valence electrons. The zero-order valence-electron chi connectivity index (χ0n) is 12.6. The summed E-state index contributed by atoms with van der Waals surface area (Å²) < 4.78 is 0. The third-order valence-electron chi connectivity index (χ3n) is 5.25. The molecule has 0 aromatic rings. The molecule has 1 saturated heterocycles. The van der Waals surface area contributed by atoms with Crippen molar-refractivity contribution in [1.29, 1.82) is 0 Å². The van der Waals surface area contributed by atoms with E-state index in [1.165, 1.54) is 0 Å². The Bertz CT molecular complexity index is 439. The smallest absolute Gasteiger partial charge is 0.303 e. The van der Waals surface area contributed by atoms with E-state index in [1.807, 2.05) is 13.8 Å². The van der Waals surface area contributed by atoms with Crippen LogP contribution in [-0.2, 0) is 14.4 Å². The topological polar surface area (TPSA) is 95.5 Å². The Morgan fingerprint density at radius 1 is 1.33 bits per heavy atom. The molecule has 1 unspecified atom stereocenters. The average Bonchev–Trinajstić information content (AvgIpc) is 2.71. The van der Waals surface area contributed by atoms with E-state index < -0.39 is 12.0 Å². The van der Waals surface area contributed by atoms with E-state index >= 15 is 0 Å². The van der Waals surface area contributed by atoms with Crippen molar-refractivity contribution in [2.75, 3.05) is 6.54 Å². The molecule has 1 heterocycles. The predicted octanol–water partition coefficient (Wildman–Crippen LogP) is 0.908. The van der Waals surface area contributed by atoms with Gasteiger partial charge < -0.3 is 15.7 Å². The Morgan fingerprint density at radius 2 is 1.95 bits per heavy atom. The Balaban J connectivity index is 1.91. The van der Waals surface area contributed by atoms with Crippen molar-refractivity contribution in [2.24, 2.45) is 17.3 Å². The lowest BCUT2D eigenvalue weighted by Gasteiger charge is -2.36. The highest BCUT2D eigenvalue weighted by atomic mass is 16.4. The van der Waals surface area contributed by atoms with Crippen molar-refractivity contribution in [3.63, 3.8) is 0 Å². The van der Waals surface area contributed by atoms with Gasteiger partial charge in [0.15, 0.2) is 0 Å². The fourth-order valence-corrected chi connectivity index (χ4v) is 3.50. The highest BCUT2D eigenvalue weighted by Crippen LogP contribution is 2.38. The number of hydrogen-bond donors (Lipinski definition) is 3. The summed E-state index contributed by atoms with van der Waals surface area (Å²) in [6.45, 7) is 4.68. The minimum atomic E-state index is -0.815. The molecule has 1 atom stereocenters. The lowest BCUT2D eigenvalue weighted by molar-refractivity contribution is -0.141. The van der Waals surface area contributed by atoms with Crippen molar-refractivity contribution >= 4 is 17.8 Å². The lowest BCUT2D eigenvalue weighted by Crippen LogP contribution is -2.52. The molecule has 1 aliphatic heterocycles. The Labute approximate surface area is 124 Å². The molecular formula is C15H24N2O4. The van der Waals surface area contributed by atoms with Crippen LogP contribution in [0.15, 0.2) is 0 Å². The van der Waals surface area contributed by atoms with Crippen molar-refractivity contribution < 1.29 is 19.5 Å². The quantitative estimate of drug-likeness (QED) is 0.679. The summed E-state index contributed by atoms with van der Waals surface area (Å²) in [4.78, 5) is 34.8. The van der Waals surface area contributed by atoms with Gasteiger partial charge in [-0.2, -0.15) is 0 Å². The highest BCUT2D eigenvalue weighted by molar-refractivity contribution is 5.91. The molecule has 21 heavy (non-hydrogen) atoms. The van der Waals surface area contributed by atoms with Gasteiger partial charge in [0, 0.05) is 24.3 Å². The lowest BCUT2D eigenvalue weighted by atomic mass is 9.72. The van der Waals surface area contributed by atoms with Crippen LogP contribution in [0, 0.1) is 17.3 Å². The number of rotatable bonds is 6. The molecular weight excluding hydrogens is 272 g/mol. The number of carbonyl (C=O) groups excluding carboxylic acids is 2. The monoisotopic (exact) mass is 296 g/mol. The van der Waals surface area contributed by atoms with Gasteiger partial charge in [-0.15, -0.1) is 0 Å². The minimum Gasteiger partial charge on any atom is -0.481 e. The largest absolute Gasteiger partial charge is 0.481 e. The maximum atomic E-state index is 12.2. The van der Waals surface area contributed by atoms with Gasteiger partial charge in [0.05, 0.1) is 0 Å². The van der Waals surface area contributed by atoms with Gasteiger partial charge in [-0.3, -0.25) is 14.4 Å². The van der Waals surface area contributed by atoms with Crippen LogP contribution in [0.4, 0.5) is 0 Å². The van der Waals surface area contributed by atoms with Gasteiger partial charge in [-0.1, -0.05) is 13.8 Å². The molecule has 0 aromatic carbocycles.